The molecule has 0 aliphatic carbocycles. The summed E-state index contributed by atoms with van der Waals surface area (Å²) in [5, 5.41) is 10.9. The zero-order valence-electron chi connectivity index (χ0n) is 15.6. The molecule has 2 aliphatic rings. The maximum Gasteiger partial charge on any atom is 0.269 e. The molecule has 2 heterocycles. The Labute approximate surface area is 165 Å². The Morgan fingerprint density at radius 3 is 2.25 bits per heavy atom. The normalized spacial score (nSPS) is 20.9. The molecule has 148 valence electrons. The van der Waals surface area contributed by atoms with Crippen molar-refractivity contribution in [3.05, 3.63) is 65.7 Å². The summed E-state index contributed by atoms with van der Waals surface area (Å²) >= 11 is 0. The lowest BCUT2D eigenvalue weighted by molar-refractivity contribution is -0.0260. The number of rotatable bonds is 5. The van der Waals surface area contributed by atoms with Crippen LogP contribution in [-0.2, 0) is 15.6 Å². The minimum Gasteiger partial charge on any atom is -0.385 e. The van der Waals surface area contributed by atoms with Crippen molar-refractivity contribution in [1.82, 2.24) is 9.21 Å². The number of sulfonamides is 1. The van der Waals surface area contributed by atoms with Gasteiger partial charge in [-0.25, -0.2) is 12.7 Å². The van der Waals surface area contributed by atoms with E-state index in [0.717, 1.165) is 23.0 Å². The van der Waals surface area contributed by atoms with E-state index in [2.05, 4.69) is 4.90 Å². The van der Waals surface area contributed by atoms with Crippen LogP contribution in [0.3, 0.4) is 0 Å². The molecule has 1 saturated heterocycles. The minimum atomic E-state index is -3.73. The van der Waals surface area contributed by atoms with E-state index >= 15 is 0 Å². The smallest absolute Gasteiger partial charge is 0.269 e. The predicted molar refractivity (Wildman–Crippen MR) is 105 cm³/mol. The minimum absolute atomic E-state index is 0.103. The van der Waals surface area contributed by atoms with Gasteiger partial charge in [0.25, 0.3) is 15.9 Å². The molecule has 0 aromatic heterocycles. The number of likely N-dealkylation sites (tertiary alicyclic amines) is 1. The second kappa shape index (κ2) is 7.31. The summed E-state index contributed by atoms with van der Waals surface area (Å²) in [6.45, 7) is 2.36. The number of fused-ring (bicyclic) bond motifs is 1. The summed E-state index contributed by atoms with van der Waals surface area (Å²) in [7, 11) is -3.73. The predicted octanol–water partition coefficient (Wildman–Crippen LogP) is 2.20. The third-order valence-corrected chi connectivity index (χ3v) is 7.58. The van der Waals surface area contributed by atoms with Crippen LogP contribution >= 0.6 is 0 Å². The molecule has 6 nitrogen and oxygen atoms in total. The number of carbonyl (C=O) groups excluding carboxylic acids is 1. The molecule has 0 saturated carbocycles. The van der Waals surface area contributed by atoms with Gasteiger partial charge in [0.05, 0.1) is 11.2 Å². The summed E-state index contributed by atoms with van der Waals surface area (Å²) in [5.41, 5.74) is 0.405. The fourth-order valence-corrected chi connectivity index (χ4v) is 5.68. The lowest BCUT2D eigenvalue weighted by atomic mass is 9.84. The van der Waals surface area contributed by atoms with Crippen LogP contribution in [0.25, 0.3) is 0 Å². The van der Waals surface area contributed by atoms with Crippen LogP contribution in [0.15, 0.2) is 59.5 Å². The maximum absolute atomic E-state index is 12.6. The van der Waals surface area contributed by atoms with Crippen LogP contribution < -0.4 is 0 Å². The van der Waals surface area contributed by atoms with Gasteiger partial charge in [-0.15, -0.1) is 0 Å². The Kier molecular flexibility index (Phi) is 4.99. The molecule has 0 spiro atoms. The molecule has 1 fully saturated rings. The zero-order valence-corrected chi connectivity index (χ0v) is 16.4. The molecule has 0 unspecified atom stereocenters. The van der Waals surface area contributed by atoms with Gasteiger partial charge in [-0.05, 0) is 43.5 Å². The summed E-state index contributed by atoms with van der Waals surface area (Å²) < 4.78 is 26.1. The van der Waals surface area contributed by atoms with Crippen LogP contribution in [-0.4, -0.2) is 54.8 Å². The Bertz CT molecular complexity index is 967. The van der Waals surface area contributed by atoms with E-state index in [0.29, 0.717) is 25.8 Å². The van der Waals surface area contributed by atoms with Gasteiger partial charge in [0, 0.05) is 19.6 Å². The highest BCUT2D eigenvalue weighted by Crippen LogP contribution is 2.33. The molecule has 2 aromatic rings. The fourth-order valence-electron chi connectivity index (χ4n) is 4.07. The van der Waals surface area contributed by atoms with Gasteiger partial charge >= 0.3 is 0 Å². The van der Waals surface area contributed by atoms with Crippen molar-refractivity contribution >= 4 is 15.9 Å². The lowest BCUT2D eigenvalue weighted by Gasteiger charge is -2.38. The van der Waals surface area contributed by atoms with Crippen molar-refractivity contribution in [2.24, 2.45) is 0 Å². The van der Waals surface area contributed by atoms with Gasteiger partial charge in [-0.2, -0.15) is 0 Å². The number of amides is 1. The standard InChI is InChI=1S/C21H24N2O4S/c24-20-18-9-4-5-10-19(18)28(26,27)23(20)14-6-13-22-15-11-21(25,12-16-22)17-7-2-1-3-8-17/h1-5,7-10,25H,6,11-16H2. The molecule has 2 aliphatic heterocycles. The molecular weight excluding hydrogens is 376 g/mol. The van der Waals surface area contributed by atoms with Crippen molar-refractivity contribution in [3.8, 4) is 0 Å². The lowest BCUT2D eigenvalue weighted by Crippen LogP contribution is -2.43. The second-order valence-corrected chi connectivity index (χ2v) is 9.30. The quantitative estimate of drug-likeness (QED) is 0.833. The van der Waals surface area contributed by atoms with E-state index in [-0.39, 0.29) is 17.0 Å². The van der Waals surface area contributed by atoms with E-state index in [1.54, 1.807) is 18.2 Å². The Hall–Kier alpha value is -2.22. The first-order valence-corrected chi connectivity index (χ1v) is 11.0. The summed E-state index contributed by atoms with van der Waals surface area (Å²) in [6.07, 6.45) is 1.86. The van der Waals surface area contributed by atoms with Crippen molar-refractivity contribution in [1.29, 1.82) is 0 Å². The van der Waals surface area contributed by atoms with Gasteiger partial charge in [-0.3, -0.25) is 4.79 Å². The van der Waals surface area contributed by atoms with Crippen molar-refractivity contribution in [2.75, 3.05) is 26.2 Å². The highest BCUT2D eigenvalue weighted by atomic mass is 32.2. The summed E-state index contributed by atoms with van der Waals surface area (Å²) in [4.78, 5) is 14.8. The number of carbonyl (C=O) groups is 1. The SMILES string of the molecule is O=C1c2ccccc2S(=O)(=O)N1CCCN1CCC(O)(c2ccccc2)CC1. The molecule has 2 aromatic carbocycles. The third-order valence-electron chi connectivity index (χ3n) is 5.74. The summed E-state index contributed by atoms with van der Waals surface area (Å²) in [5.74, 6) is -0.437. The average molecular weight is 401 g/mol. The number of hydrogen-bond acceptors (Lipinski definition) is 5. The maximum atomic E-state index is 12.6. The van der Waals surface area contributed by atoms with Gasteiger partial charge in [-0.1, -0.05) is 42.5 Å². The topological polar surface area (TPSA) is 77.9 Å². The van der Waals surface area contributed by atoms with Crippen LogP contribution in [0.1, 0.15) is 35.2 Å². The van der Waals surface area contributed by atoms with E-state index in [1.165, 1.54) is 6.07 Å². The molecular formula is C21H24N2O4S. The van der Waals surface area contributed by atoms with Crippen LogP contribution in [0.5, 0.6) is 0 Å². The van der Waals surface area contributed by atoms with Gasteiger partial charge < -0.3 is 10.0 Å². The van der Waals surface area contributed by atoms with Crippen LogP contribution in [0.4, 0.5) is 0 Å². The third kappa shape index (κ3) is 3.34. The van der Waals surface area contributed by atoms with Gasteiger partial charge in [0.2, 0.25) is 0 Å². The summed E-state index contributed by atoms with van der Waals surface area (Å²) in [6, 6.07) is 16.1. The Balaban J connectivity index is 1.32. The van der Waals surface area contributed by atoms with Crippen LogP contribution in [0.2, 0.25) is 0 Å². The number of hydrogen-bond donors (Lipinski definition) is 1. The number of aliphatic hydroxyl groups is 1. The molecule has 4 rings (SSSR count). The first kappa shape index (κ1) is 19.1. The monoisotopic (exact) mass is 400 g/mol. The largest absolute Gasteiger partial charge is 0.385 e. The first-order chi connectivity index (χ1) is 13.4. The fraction of sp³-hybridized carbons (Fsp3) is 0.381. The Morgan fingerprint density at radius 2 is 1.57 bits per heavy atom. The van der Waals surface area contributed by atoms with E-state index in [4.69, 9.17) is 0 Å². The van der Waals surface area contributed by atoms with E-state index in [1.807, 2.05) is 30.3 Å². The number of nitrogens with zero attached hydrogens (tertiary/aromatic N) is 2. The number of piperidine rings is 1. The van der Waals surface area contributed by atoms with Crippen LogP contribution in [0, 0.1) is 0 Å². The molecule has 0 atom stereocenters. The second-order valence-electron chi connectivity index (χ2n) is 7.47. The first-order valence-electron chi connectivity index (χ1n) is 9.58. The molecule has 0 bridgehead atoms. The molecule has 7 heteroatoms. The highest BCUT2D eigenvalue weighted by molar-refractivity contribution is 7.90. The van der Waals surface area contributed by atoms with E-state index < -0.39 is 21.5 Å². The average Bonchev–Trinajstić information content (AvgIpc) is 2.91. The Morgan fingerprint density at radius 1 is 0.929 bits per heavy atom. The number of benzene rings is 2. The highest BCUT2D eigenvalue weighted by Gasteiger charge is 2.40. The van der Waals surface area contributed by atoms with Crippen molar-refractivity contribution in [2.45, 2.75) is 29.8 Å². The van der Waals surface area contributed by atoms with Gasteiger partial charge in [0.15, 0.2) is 0 Å². The van der Waals surface area contributed by atoms with Crippen molar-refractivity contribution < 1.29 is 18.3 Å². The van der Waals surface area contributed by atoms with Crippen molar-refractivity contribution in [3.63, 3.8) is 0 Å². The molecule has 0 radical (unpaired) electrons. The zero-order chi connectivity index (χ0) is 19.8. The molecule has 1 N–H and O–H groups in total. The van der Waals surface area contributed by atoms with E-state index in [9.17, 15) is 18.3 Å². The molecule has 28 heavy (non-hydrogen) atoms. The molecule has 1 amide bonds. The van der Waals surface area contributed by atoms with Gasteiger partial charge in [0.1, 0.15) is 4.90 Å².